The second kappa shape index (κ2) is 7.09. The number of anilines is 1. The predicted molar refractivity (Wildman–Crippen MR) is 103 cm³/mol. The van der Waals surface area contributed by atoms with Crippen LogP contribution in [0, 0.1) is 29.2 Å². The molecule has 2 unspecified atom stereocenters. The van der Waals surface area contributed by atoms with Crippen LogP contribution in [-0.4, -0.2) is 23.3 Å². The van der Waals surface area contributed by atoms with Crippen LogP contribution in [0.3, 0.4) is 0 Å². The summed E-state index contributed by atoms with van der Waals surface area (Å²) in [7, 11) is 0. The van der Waals surface area contributed by atoms with Gasteiger partial charge in [-0.1, -0.05) is 0 Å². The summed E-state index contributed by atoms with van der Waals surface area (Å²) in [5, 5.41) is 13.5. The van der Waals surface area contributed by atoms with E-state index in [0.29, 0.717) is 23.2 Å². The lowest BCUT2D eigenvalue weighted by atomic mass is 9.73. The molecule has 0 radical (unpaired) electrons. The molecule has 5 nitrogen and oxygen atoms in total. The van der Waals surface area contributed by atoms with E-state index in [4.69, 9.17) is 0 Å². The molecule has 156 valence electrons. The highest BCUT2D eigenvalue weighted by atomic mass is 19.1. The van der Waals surface area contributed by atoms with Gasteiger partial charge in [-0.3, -0.25) is 4.79 Å². The minimum Gasteiger partial charge on any atom is -0.377 e. The zero-order valence-electron chi connectivity index (χ0n) is 15.7. The van der Waals surface area contributed by atoms with E-state index in [1.165, 1.54) is 6.07 Å². The molecule has 0 aliphatic carbocycles. The zero-order valence-corrected chi connectivity index (χ0v) is 15.7. The smallest absolute Gasteiger partial charge is 0.272 e. The number of nitrogens with one attached hydrogen (secondary N) is 3. The van der Waals surface area contributed by atoms with Gasteiger partial charge in [0.25, 0.3) is 5.56 Å². The number of H-pyrrole nitrogens is 1. The van der Waals surface area contributed by atoms with E-state index < -0.39 is 40.8 Å². The number of benzene rings is 2. The number of aromatic amines is 1. The summed E-state index contributed by atoms with van der Waals surface area (Å²) in [6.07, 6.45) is 1.46. The Bertz CT molecular complexity index is 1180. The van der Waals surface area contributed by atoms with Crippen molar-refractivity contribution in [2.24, 2.45) is 5.92 Å². The molecule has 2 atom stereocenters. The van der Waals surface area contributed by atoms with Gasteiger partial charge in [-0.15, -0.1) is 0 Å². The van der Waals surface area contributed by atoms with E-state index in [1.54, 1.807) is 0 Å². The van der Waals surface area contributed by atoms with Gasteiger partial charge in [-0.25, -0.2) is 22.7 Å². The summed E-state index contributed by atoms with van der Waals surface area (Å²) >= 11 is 0. The summed E-state index contributed by atoms with van der Waals surface area (Å²) in [5.74, 6) is -4.23. The van der Waals surface area contributed by atoms with Crippen molar-refractivity contribution in [3.63, 3.8) is 0 Å². The third-order valence-corrected chi connectivity index (χ3v) is 6.11. The van der Waals surface area contributed by atoms with Crippen LogP contribution in [0.2, 0.25) is 0 Å². The van der Waals surface area contributed by atoms with Crippen LogP contribution in [0.4, 0.5) is 23.2 Å². The molecule has 1 aromatic heterocycles. The van der Waals surface area contributed by atoms with Crippen molar-refractivity contribution in [2.45, 2.75) is 24.8 Å². The molecule has 3 heterocycles. The SMILES string of the molecule is O=c1[nH]nc2c3c(cc(F)cc13)NC(c1c(F)cc(F)cc1F)C2C1CCNCC1. The largest absolute Gasteiger partial charge is 0.377 e. The molecule has 2 aliphatic rings. The molecule has 0 saturated carbocycles. The molecular weight excluding hydrogens is 400 g/mol. The lowest BCUT2D eigenvalue weighted by molar-refractivity contribution is 0.285. The standard InChI is InChI=1S/C21H18F4N4O/c22-10-5-12-17-15(8-10)27-19(18-13(24)6-11(23)7-14(18)25)16(9-1-3-26-4-2-9)20(17)28-29-21(12)30/h5-9,16,19,26-27H,1-4H2,(H,29,30). The fraction of sp³-hybridized carbons (Fsp3) is 0.333. The topological polar surface area (TPSA) is 69.8 Å². The molecular formula is C21H18F4N4O. The summed E-state index contributed by atoms with van der Waals surface area (Å²) < 4.78 is 57.3. The number of hydrogen-bond acceptors (Lipinski definition) is 4. The monoisotopic (exact) mass is 418 g/mol. The molecule has 1 fully saturated rings. The lowest BCUT2D eigenvalue weighted by Crippen LogP contribution is -2.38. The van der Waals surface area contributed by atoms with Gasteiger partial charge >= 0.3 is 0 Å². The molecule has 3 aromatic rings. The maximum atomic E-state index is 14.8. The van der Waals surface area contributed by atoms with E-state index in [9.17, 15) is 22.4 Å². The number of hydrogen-bond donors (Lipinski definition) is 3. The molecule has 5 rings (SSSR count). The van der Waals surface area contributed by atoms with Gasteiger partial charge in [0.1, 0.15) is 23.3 Å². The van der Waals surface area contributed by atoms with Gasteiger partial charge < -0.3 is 10.6 Å². The first-order valence-electron chi connectivity index (χ1n) is 9.77. The molecule has 9 heteroatoms. The van der Waals surface area contributed by atoms with Crippen molar-refractivity contribution < 1.29 is 17.6 Å². The maximum absolute atomic E-state index is 14.8. The van der Waals surface area contributed by atoms with Gasteiger partial charge in [0.05, 0.1) is 17.1 Å². The van der Waals surface area contributed by atoms with Gasteiger partial charge in [-0.2, -0.15) is 5.10 Å². The first-order valence-corrected chi connectivity index (χ1v) is 9.77. The lowest BCUT2D eigenvalue weighted by Gasteiger charge is -2.40. The van der Waals surface area contributed by atoms with Crippen molar-refractivity contribution >= 4 is 16.5 Å². The minimum atomic E-state index is -1.02. The fourth-order valence-corrected chi connectivity index (χ4v) is 4.86. The second-order valence-corrected chi connectivity index (χ2v) is 7.83. The Balaban J connectivity index is 1.77. The number of halogens is 4. The first-order chi connectivity index (χ1) is 14.4. The zero-order chi connectivity index (χ0) is 21.0. The van der Waals surface area contributed by atoms with Crippen molar-refractivity contribution in [1.82, 2.24) is 15.5 Å². The molecule has 0 bridgehead atoms. The Morgan fingerprint density at radius 1 is 0.933 bits per heavy atom. The van der Waals surface area contributed by atoms with Gasteiger partial charge in [0.2, 0.25) is 0 Å². The maximum Gasteiger partial charge on any atom is 0.272 e. The normalized spacial score (nSPS) is 21.6. The average molecular weight is 418 g/mol. The molecule has 3 N–H and O–H groups in total. The highest BCUT2D eigenvalue weighted by Gasteiger charge is 2.41. The van der Waals surface area contributed by atoms with Crippen molar-refractivity contribution in [3.05, 3.63) is 69.1 Å². The number of piperidine rings is 1. The summed E-state index contributed by atoms with van der Waals surface area (Å²) in [6, 6.07) is 2.64. The van der Waals surface area contributed by atoms with E-state index in [2.05, 4.69) is 20.8 Å². The number of rotatable bonds is 2. The van der Waals surface area contributed by atoms with Crippen LogP contribution in [0.25, 0.3) is 10.8 Å². The second-order valence-electron chi connectivity index (χ2n) is 7.83. The number of aromatic nitrogens is 2. The van der Waals surface area contributed by atoms with Crippen molar-refractivity contribution in [3.8, 4) is 0 Å². The molecule has 2 aromatic carbocycles. The van der Waals surface area contributed by atoms with Crippen molar-refractivity contribution in [2.75, 3.05) is 18.4 Å². The molecule has 30 heavy (non-hydrogen) atoms. The van der Waals surface area contributed by atoms with Crippen LogP contribution in [0.5, 0.6) is 0 Å². The average Bonchev–Trinajstić information content (AvgIpc) is 2.70. The van der Waals surface area contributed by atoms with Crippen molar-refractivity contribution in [1.29, 1.82) is 0 Å². The summed E-state index contributed by atoms with van der Waals surface area (Å²) in [5.41, 5.74) is -0.177. The molecule has 1 saturated heterocycles. The van der Waals surface area contributed by atoms with Crippen LogP contribution in [0.15, 0.2) is 29.1 Å². The van der Waals surface area contributed by atoms with E-state index in [1.807, 2.05) is 0 Å². The van der Waals surface area contributed by atoms with Gasteiger partial charge in [0.15, 0.2) is 0 Å². The Hall–Kier alpha value is -2.94. The highest BCUT2D eigenvalue weighted by molar-refractivity contribution is 5.97. The van der Waals surface area contributed by atoms with E-state index >= 15 is 0 Å². The fourth-order valence-electron chi connectivity index (χ4n) is 4.86. The molecule has 2 aliphatic heterocycles. The van der Waals surface area contributed by atoms with Crippen LogP contribution >= 0.6 is 0 Å². The summed E-state index contributed by atoms with van der Waals surface area (Å²) in [4.78, 5) is 12.3. The molecule has 0 spiro atoms. The predicted octanol–water partition coefficient (Wildman–Crippen LogP) is 3.73. The van der Waals surface area contributed by atoms with E-state index in [-0.39, 0.29) is 22.6 Å². The Kier molecular flexibility index (Phi) is 4.50. The van der Waals surface area contributed by atoms with Crippen LogP contribution < -0.4 is 16.2 Å². The molecule has 0 amide bonds. The number of nitrogens with zero attached hydrogens (tertiary/aromatic N) is 1. The summed E-state index contributed by atoms with van der Waals surface area (Å²) in [6.45, 7) is 1.45. The third kappa shape index (κ3) is 2.96. The minimum absolute atomic E-state index is 0.00703. The third-order valence-electron chi connectivity index (χ3n) is 6.11. The van der Waals surface area contributed by atoms with Crippen LogP contribution in [-0.2, 0) is 0 Å². The van der Waals surface area contributed by atoms with E-state index in [0.717, 1.165) is 32.0 Å². The Labute approximate surface area is 168 Å². The van der Waals surface area contributed by atoms with Gasteiger partial charge in [0, 0.05) is 34.7 Å². The quantitative estimate of drug-likeness (QED) is 0.555. The Morgan fingerprint density at radius 2 is 1.60 bits per heavy atom. The highest BCUT2D eigenvalue weighted by Crippen LogP contribution is 2.49. The van der Waals surface area contributed by atoms with Gasteiger partial charge in [-0.05, 0) is 44.0 Å². The Morgan fingerprint density at radius 3 is 2.30 bits per heavy atom. The first kappa shape index (κ1) is 19.0. The van der Waals surface area contributed by atoms with Crippen LogP contribution in [0.1, 0.15) is 36.1 Å².